The molecule has 0 aliphatic carbocycles. The maximum Gasteiger partial charge on any atom is 0.273 e. The molecule has 1 aromatic carbocycles. The van der Waals surface area contributed by atoms with Crippen molar-refractivity contribution in [1.29, 1.82) is 0 Å². The minimum absolute atomic E-state index is 0.0840. The van der Waals surface area contributed by atoms with Gasteiger partial charge in [0, 0.05) is 29.6 Å². The monoisotopic (exact) mass is 325 g/mol. The van der Waals surface area contributed by atoms with Crippen LogP contribution in [0, 0.1) is 24.0 Å². The topological polar surface area (TPSA) is 103 Å². The fourth-order valence-corrected chi connectivity index (χ4v) is 2.64. The van der Waals surface area contributed by atoms with Gasteiger partial charge in [0.25, 0.3) is 11.6 Å². The number of nitro groups is 1. The number of aromatic nitrogens is 3. The van der Waals surface area contributed by atoms with Crippen LogP contribution in [0.5, 0.6) is 0 Å². The van der Waals surface area contributed by atoms with Crippen LogP contribution in [0.4, 0.5) is 11.4 Å². The molecule has 3 rings (SSSR count). The average molecular weight is 325 g/mol. The van der Waals surface area contributed by atoms with Gasteiger partial charge in [-0.05, 0) is 26.0 Å². The number of hydrogen-bond donors (Lipinski definition) is 1. The number of benzene rings is 1. The molecule has 0 aliphatic rings. The van der Waals surface area contributed by atoms with Crippen molar-refractivity contribution in [2.75, 3.05) is 5.32 Å². The van der Waals surface area contributed by atoms with Crippen molar-refractivity contribution in [3.8, 4) is 0 Å². The van der Waals surface area contributed by atoms with E-state index in [0.29, 0.717) is 11.3 Å². The summed E-state index contributed by atoms with van der Waals surface area (Å²) in [7, 11) is 1.80. The van der Waals surface area contributed by atoms with Crippen LogP contribution in [-0.4, -0.2) is 25.6 Å². The third-order valence-electron chi connectivity index (χ3n) is 3.87. The molecular weight excluding hydrogens is 310 g/mol. The number of aryl methyl sites for hydroxylation is 2. The Labute approximate surface area is 137 Å². The highest BCUT2D eigenvalue weighted by molar-refractivity contribution is 6.06. The van der Waals surface area contributed by atoms with Gasteiger partial charge in [0.15, 0.2) is 5.65 Å². The van der Waals surface area contributed by atoms with E-state index < -0.39 is 10.8 Å². The summed E-state index contributed by atoms with van der Waals surface area (Å²) in [5, 5.41) is 18.8. The zero-order valence-corrected chi connectivity index (χ0v) is 13.4. The second-order valence-corrected chi connectivity index (χ2v) is 5.47. The minimum Gasteiger partial charge on any atom is -0.321 e. The molecule has 0 saturated carbocycles. The number of hydrogen-bond acceptors (Lipinski definition) is 5. The van der Waals surface area contributed by atoms with Gasteiger partial charge in [0.2, 0.25) is 0 Å². The number of anilines is 1. The summed E-state index contributed by atoms with van der Waals surface area (Å²) in [6, 6.07) is 6.21. The Balaban J connectivity index is 1.94. The third kappa shape index (κ3) is 2.58. The van der Waals surface area contributed by atoms with Gasteiger partial charge in [-0.1, -0.05) is 6.07 Å². The van der Waals surface area contributed by atoms with E-state index in [1.807, 2.05) is 6.92 Å². The summed E-state index contributed by atoms with van der Waals surface area (Å²) in [6.45, 7) is 3.42. The van der Waals surface area contributed by atoms with Crippen molar-refractivity contribution < 1.29 is 9.72 Å². The molecule has 3 aromatic rings. The molecule has 0 atom stereocenters. The van der Waals surface area contributed by atoms with Crippen molar-refractivity contribution in [2.24, 2.45) is 7.05 Å². The number of pyridine rings is 1. The van der Waals surface area contributed by atoms with Gasteiger partial charge in [0.1, 0.15) is 0 Å². The smallest absolute Gasteiger partial charge is 0.273 e. The highest BCUT2D eigenvalue weighted by atomic mass is 16.6. The number of nitrogens with zero attached hydrogens (tertiary/aromatic N) is 4. The molecule has 0 bridgehead atoms. The maximum absolute atomic E-state index is 12.5. The normalized spacial score (nSPS) is 10.8. The first-order chi connectivity index (χ1) is 11.4. The van der Waals surface area contributed by atoms with Crippen molar-refractivity contribution >= 4 is 28.3 Å². The van der Waals surface area contributed by atoms with Crippen LogP contribution < -0.4 is 5.32 Å². The molecular formula is C16H15N5O3. The van der Waals surface area contributed by atoms with Crippen LogP contribution in [0.2, 0.25) is 0 Å². The van der Waals surface area contributed by atoms with E-state index >= 15 is 0 Å². The molecule has 2 aromatic heterocycles. The van der Waals surface area contributed by atoms with E-state index in [9.17, 15) is 14.9 Å². The van der Waals surface area contributed by atoms with E-state index in [1.165, 1.54) is 18.3 Å². The summed E-state index contributed by atoms with van der Waals surface area (Å²) < 4.78 is 1.67. The summed E-state index contributed by atoms with van der Waals surface area (Å²) in [5.74, 6) is -0.418. The van der Waals surface area contributed by atoms with Crippen LogP contribution >= 0.6 is 0 Å². The predicted molar refractivity (Wildman–Crippen MR) is 89.0 cm³/mol. The Bertz CT molecular complexity index is 977. The lowest BCUT2D eigenvalue weighted by Gasteiger charge is -2.08. The highest BCUT2D eigenvalue weighted by Crippen LogP contribution is 2.23. The van der Waals surface area contributed by atoms with Crippen molar-refractivity contribution in [2.45, 2.75) is 13.8 Å². The van der Waals surface area contributed by atoms with E-state index in [0.717, 1.165) is 16.7 Å². The summed E-state index contributed by atoms with van der Waals surface area (Å²) in [6.07, 6.45) is 1.54. The highest BCUT2D eigenvalue weighted by Gasteiger charge is 2.18. The SMILES string of the molecule is Cc1c(C(=O)Nc2cnc3c(c2)c(C)nn3C)cccc1[N+](=O)[O-]. The zero-order valence-electron chi connectivity index (χ0n) is 13.4. The quantitative estimate of drug-likeness (QED) is 0.589. The van der Waals surface area contributed by atoms with Gasteiger partial charge in [-0.3, -0.25) is 19.6 Å². The molecule has 0 saturated heterocycles. The lowest BCUT2D eigenvalue weighted by molar-refractivity contribution is -0.385. The van der Waals surface area contributed by atoms with Crippen LogP contribution in [0.15, 0.2) is 30.5 Å². The molecule has 0 radical (unpaired) electrons. The maximum atomic E-state index is 12.5. The molecule has 1 N–H and O–H groups in total. The molecule has 0 unspecified atom stereocenters. The molecule has 8 heteroatoms. The summed E-state index contributed by atoms with van der Waals surface area (Å²) in [5.41, 5.74) is 2.53. The Kier molecular flexibility index (Phi) is 3.72. The number of amides is 1. The molecule has 2 heterocycles. The van der Waals surface area contributed by atoms with Gasteiger partial charge in [-0.2, -0.15) is 5.10 Å². The summed E-state index contributed by atoms with van der Waals surface area (Å²) >= 11 is 0. The number of nitrogens with one attached hydrogen (secondary N) is 1. The fraction of sp³-hybridized carbons (Fsp3) is 0.188. The van der Waals surface area contributed by atoms with Crippen molar-refractivity contribution in [3.05, 3.63) is 57.4 Å². The van der Waals surface area contributed by atoms with E-state index in [1.54, 1.807) is 30.8 Å². The minimum atomic E-state index is -0.501. The molecule has 0 fully saturated rings. The number of carbonyl (C=O) groups excluding carboxylic acids is 1. The van der Waals surface area contributed by atoms with Gasteiger partial charge in [-0.15, -0.1) is 0 Å². The van der Waals surface area contributed by atoms with Crippen LogP contribution in [0.25, 0.3) is 11.0 Å². The summed E-state index contributed by atoms with van der Waals surface area (Å²) in [4.78, 5) is 27.2. The fourth-order valence-electron chi connectivity index (χ4n) is 2.64. The second-order valence-electron chi connectivity index (χ2n) is 5.47. The third-order valence-corrected chi connectivity index (χ3v) is 3.87. The van der Waals surface area contributed by atoms with E-state index in [-0.39, 0.29) is 11.3 Å². The van der Waals surface area contributed by atoms with Crippen molar-refractivity contribution in [1.82, 2.24) is 14.8 Å². The van der Waals surface area contributed by atoms with E-state index in [4.69, 9.17) is 0 Å². The van der Waals surface area contributed by atoms with E-state index in [2.05, 4.69) is 15.4 Å². The lowest BCUT2D eigenvalue weighted by atomic mass is 10.1. The first-order valence-electron chi connectivity index (χ1n) is 7.23. The molecule has 0 aliphatic heterocycles. The number of nitro benzene ring substituents is 1. The number of fused-ring (bicyclic) bond motifs is 1. The first kappa shape index (κ1) is 15.6. The van der Waals surface area contributed by atoms with Gasteiger partial charge >= 0.3 is 0 Å². The number of rotatable bonds is 3. The Morgan fingerprint density at radius 2 is 2.08 bits per heavy atom. The molecule has 8 nitrogen and oxygen atoms in total. The Morgan fingerprint density at radius 3 is 2.79 bits per heavy atom. The molecule has 122 valence electrons. The molecule has 0 spiro atoms. The van der Waals surface area contributed by atoms with Crippen LogP contribution in [0.1, 0.15) is 21.6 Å². The Morgan fingerprint density at radius 1 is 1.33 bits per heavy atom. The van der Waals surface area contributed by atoms with Crippen molar-refractivity contribution in [3.63, 3.8) is 0 Å². The standard InChI is InChI=1S/C16H15N5O3/c1-9-12(5-4-6-14(9)21(23)24)16(22)18-11-7-13-10(2)19-20(3)15(13)17-8-11/h4-8H,1-3H3,(H,18,22). The largest absolute Gasteiger partial charge is 0.321 e. The average Bonchev–Trinajstić information content (AvgIpc) is 2.81. The second kappa shape index (κ2) is 5.73. The molecule has 1 amide bonds. The predicted octanol–water partition coefficient (Wildman–Crippen LogP) is 2.75. The van der Waals surface area contributed by atoms with Gasteiger partial charge in [0.05, 0.1) is 22.5 Å². The number of carbonyl (C=O) groups is 1. The first-order valence-corrected chi connectivity index (χ1v) is 7.23. The van der Waals surface area contributed by atoms with Crippen LogP contribution in [-0.2, 0) is 7.05 Å². The lowest BCUT2D eigenvalue weighted by Crippen LogP contribution is -2.14. The van der Waals surface area contributed by atoms with Gasteiger partial charge < -0.3 is 5.32 Å². The molecule has 24 heavy (non-hydrogen) atoms. The zero-order chi connectivity index (χ0) is 17.4. The van der Waals surface area contributed by atoms with Gasteiger partial charge in [-0.25, -0.2) is 4.98 Å². The van der Waals surface area contributed by atoms with Crippen LogP contribution in [0.3, 0.4) is 0 Å². The Hall–Kier alpha value is -3.29.